The Hall–Kier alpha value is -1.67. The summed E-state index contributed by atoms with van der Waals surface area (Å²) in [6, 6.07) is 8.83. The number of ether oxygens (including phenoxy) is 1. The summed E-state index contributed by atoms with van der Waals surface area (Å²) in [4.78, 5) is 0. The fraction of sp³-hybridized carbons (Fsp3) is 0.250. The van der Waals surface area contributed by atoms with Crippen LogP contribution in [0.25, 0.3) is 0 Å². The van der Waals surface area contributed by atoms with Gasteiger partial charge < -0.3 is 24.4 Å². The smallest absolute Gasteiger partial charge is 0.423 e. The summed E-state index contributed by atoms with van der Waals surface area (Å²) in [6.07, 6.45) is -1.12. The highest BCUT2D eigenvalue weighted by Crippen LogP contribution is 2.15. The molecule has 7 heteroatoms. The van der Waals surface area contributed by atoms with E-state index in [2.05, 4.69) is 5.16 Å². The maximum absolute atomic E-state index is 9.81. The average molecular weight is 263 g/mol. The summed E-state index contributed by atoms with van der Waals surface area (Å²) >= 11 is 0. The molecule has 0 spiro atoms. The SMILES string of the molecule is Cc1noc(COC(O)c2ccccc2)c1B(O)O. The maximum Gasteiger partial charge on any atom is 0.494 e. The van der Waals surface area contributed by atoms with E-state index in [9.17, 15) is 15.2 Å². The van der Waals surface area contributed by atoms with Crippen molar-refractivity contribution in [3.63, 3.8) is 0 Å². The second kappa shape index (κ2) is 5.98. The van der Waals surface area contributed by atoms with Crippen molar-refractivity contribution in [3.8, 4) is 0 Å². The molecule has 6 nitrogen and oxygen atoms in total. The number of rotatable bonds is 5. The monoisotopic (exact) mass is 263 g/mol. The number of aryl methyl sites for hydroxylation is 1. The summed E-state index contributed by atoms with van der Waals surface area (Å²) < 4.78 is 10.2. The summed E-state index contributed by atoms with van der Waals surface area (Å²) in [5.41, 5.74) is 1.15. The third-order valence-electron chi connectivity index (χ3n) is 2.70. The number of hydrogen-bond donors (Lipinski definition) is 3. The van der Waals surface area contributed by atoms with Crippen LogP contribution in [0.2, 0.25) is 0 Å². The van der Waals surface area contributed by atoms with E-state index < -0.39 is 13.4 Å². The first-order chi connectivity index (χ1) is 9.09. The van der Waals surface area contributed by atoms with Crippen LogP contribution >= 0.6 is 0 Å². The van der Waals surface area contributed by atoms with Gasteiger partial charge in [-0.1, -0.05) is 35.5 Å². The van der Waals surface area contributed by atoms with E-state index in [-0.39, 0.29) is 17.8 Å². The summed E-state index contributed by atoms with van der Waals surface area (Å²) in [5, 5.41) is 31.8. The Kier molecular flexibility index (Phi) is 4.33. The predicted octanol–water partition coefficient (Wildman–Crippen LogP) is -0.129. The molecule has 100 valence electrons. The highest BCUT2D eigenvalue weighted by atomic mass is 16.6. The first-order valence-electron chi connectivity index (χ1n) is 5.75. The third-order valence-corrected chi connectivity index (χ3v) is 2.70. The molecule has 19 heavy (non-hydrogen) atoms. The lowest BCUT2D eigenvalue weighted by Crippen LogP contribution is -2.33. The van der Waals surface area contributed by atoms with Gasteiger partial charge in [0, 0.05) is 5.56 Å². The zero-order valence-corrected chi connectivity index (χ0v) is 10.4. The Morgan fingerprint density at radius 2 is 2.00 bits per heavy atom. The first-order valence-corrected chi connectivity index (χ1v) is 5.75. The number of benzene rings is 1. The molecule has 0 aliphatic carbocycles. The van der Waals surface area contributed by atoms with Crippen molar-refractivity contribution in [2.75, 3.05) is 0 Å². The van der Waals surface area contributed by atoms with Crippen LogP contribution in [0.1, 0.15) is 23.3 Å². The van der Waals surface area contributed by atoms with Crippen LogP contribution in [0, 0.1) is 6.92 Å². The van der Waals surface area contributed by atoms with E-state index in [1.165, 1.54) is 0 Å². The number of hydrogen-bond acceptors (Lipinski definition) is 6. The van der Waals surface area contributed by atoms with Crippen molar-refractivity contribution in [2.45, 2.75) is 19.8 Å². The molecule has 0 amide bonds. The van der Waals surface area contributed by atoms with Gasteiger partial charge in [0.1, 0.15) is 6.61 Å². The molecule has 1 heterocycles. The Bertz CT molecular complexity index is 528. The van der Waals surface area contributed by atoms with Gasteiger partial charge in [-0.15, -0.1) is 0 Å². The number of aliphatic hydroxyl groups excluding tert-OH is 1. The van der Waals surface area contributed by atoms with Crippen molar-refractivity contribution >= 4 is 12.6 Å². The molecule has 0 radical (unpaired) electrons. The van der Waals surface area contributed by atoms with Crippen LogP contribution in [0.4, 0.5) is 0 Å². The molecule has 3 N–H and O–H groups in total. The third kappa shape index (κ3) is 3.21. The number of aromatic nitrogens is 1. The highest BCUT2D eigenvalue weighted by molar-refractivity contribution is 6.59. The molecule has 2 rings (SSSR count). The first kappa shape index (κ1) is 13.8. The van der Waals surface area contributed by atoms with Crippen molar-refractivity contribution in [3.05, 3.63) is 47.3 Å². The molecular weight excluding hydrogens is 249 g/mol. The lowest BCUT2D eigenvalue weighted by Gasteiger charge is -2.11. The fourth-order valence-corrected chi connectivity index (χ4v) is 1.73. The van der Waals surface area contributed by atoms with E-state index in [4.69, 9.17) is 9.26 Å². The Labute approximate surface area is 110 Å². The fourth-order valence-electron chi connectivity index (χ4n) is 1.73. The van der Waals surface area contributed by atoms with Crippen LogP contribution in [-0.2, 0) is 11.3 Å². The predicted molar refractivity (Wildman–Crippen MR) is 67.3 cm³/mol. The molecule has 0 fully saturated rings. The molecule has 1 aromatic carbocycles. The topological polar surface area (TPSA) is 96.0 Å². The molecule has 1 atom stereocenters. The zero-order valence-electron chi connectivity index (χ0n) is 10.4. The Morgan fingerprint density at radius 1 is 1.32 bits per heavy atom. The van der Waals surface area contributed by atoms with Crippen molar-refractivity contribution in [2.24, 2.45) is 0 Å². The molecule has 0 bridgehead atoms. The van der Waals surface area contributed by atoms with E-state index in [0.29, 0.717) is 11.3 Å². The summed E-state index contributed by atoms with van der Waals surface area (Å²) in [6.45, 7) is 1.49. The van der Waals surface area contributed by atoms with Gasteiger partial charge in [-0.25, -0.2) is 0 Å². The molecular formula is C12H14BNO5. The largest absolute Gasteiger partial charge is 0.494 e. The molecule has 0 saturated carbocycles. The number of aliphatic hydroxyl groups is 1. The van der Waals surface area contributed by atoms with Crippen LogP contribution in [0.3, 0.4) is 0 Å². The molecule has 1 aromatic heterocycles. The summed E-state index contributed by atoms with van der Waals surface area (Å²) in [5.74, 6) is 0.183. The molecule has 0 aliphatic heterocycles. The minimum Gasteiger partial charge on any atom is -0.423 e. The van der Waals surface area contributed by atoms with Crippen LogP contribution in [0.15, 0.2) is 34.9 Å². The van der Waals surface area contributed by atoms with E-state index in [1.54, 1.807) is 31.2 Å². The average Bonchev–Trinajstić information content (AvgIpc) is 2.78. The quantitative estimate of drug-likeness (QED) is 0.513. The van der Waals surface area contributed by atoms with Gasteiger partial charge in [-0.2, -0.15) is 0 Å². The van der Waals surface area contributed by atoms with Crippen molar-refractivity contribution in [1.82, 2.24) is 5.16 Å². The normalized spacial score (nSPS) is 12.4. The minimum atomic E-state index is -1.68. The second-order valence-corrected chi connectivity index (χ2v) is 4.05. The van der Waals surface area contributed by atoms with Gasteiger partial charge in [0.15, 0.2) is 12.1 Å². The molecule has 0 saturated heterocycles. The van der Waals surface area contributed by atoms with Gasteiger partial charge in [0.05, 0.1) is 11.2 Å². The van der Waals surface area contributed by atoms with Gasteiger partial charge in [-0.3, -0.25) is 0 Å². The van der Waals surface area contributed by atoms with Crippen LogP contribution < -0.4 is 5.46 Å². The Morgan fingerprint density at radius 3 is 2.63 bits per heavy atom. The summed E-state index contributed by atoms with van der Waals surface area (Å²) in [7, 11) is -1.68. The van der Waals surface area contributed by atoms with E-state index >= 15 is 0 Å². The van der Waals surface area contributed by atoms with Crippen molar-refractivity contribution < 1.29 is 24.4 Å². The molecule has 0 aliphatic rings. The van der Waals surface area contributed by atoms with Crippen LogP contribution in [0.5, 0.6) is 0 Å². The molecule has 1 unspecified atom stereocenters. The maximum atomic E-state index is 9.81. The number of nitrogens with zero attached hydrogens (tertiary/aromatic N) is 1. The standard InChI is InChI=1S/C12H14BNO5/c1-8-11(13(16)17)10(19-14-8)7-18-12(15)9-5-3-2-4-6-9/h2-6,12,15-17H,7H2,1H3. The van der Waals surface area contributed by atoms with Gasteiger partial charge in [0.25, 0.3) is 0 Å². The van der Waals surface area contributed by atoms with Crippen LogP contribution in [-0.4, -0.2) is 27.4 Å². The molecule has 2 aromatic rings. The van der Waals surface area contributed by atoms with E-state index in [0.717, 1.165) is 0 Å². The van der Waals surface area contributed by atoms with Gasteiger partial charge in [-0.05, 0) is 6.92 Å². The lowest BCUT2D eigenvalue weighted by atomic mass is 9.78. The van der Waals surface area contributed by atoms with Crippen molar-refractivity contribution in [1.29, 1.82) is 0 Å². The Balaban J connectivity index is 2.03. The lowest BCUT2D eigenvalue weighted by molar-refractivity contribution is -0.116. The van der Waals surface area contributed by atoms with Gasteiger partial charge >= 0.3 is 7.12 Å². The second-order valence-electron chi connectivity index (χ2n) is 4.05. The minimum absolute atomic E-state index is 0.107. The highest BCUT2D eigenvalue weighted by Gasteiger charge is 2.24. The van der Waals surface area contributed by atoms with Gasteiger partial charge in [0.2, 0.25) is 0 Å². The zero-order chi connectivity index (χ0) is 13.8. The van der Waals surface area contributed by atoms with E-state index in [1.807, 2.05) is 6.07 Å².